The van der Waals surface area contributed by atoms with Gasteiger partial charge in [0.1, 0.15) is 5.75 Å². The van der Waals surface area contributed by atoms with Gasteiger partial charge in [-0.3, -0.25) is 9.69 Å². The molecule has 1 aliphatic carbocycles. The van der Waals surface area contributed by atoms with Gasteiger partial charge in [-0.2, -0.15) is 0 Å². The Labute approximate surface area is 141 Å². The number of aromatic hydroxyl groups is 1. The molecule has 0 bridgehead atoms. The molecule has 1 aromatic carbocycles. The van der Waals surface area contributed by atoms with E-state index < -0.39 is 0 Å². The number of phenolic OH excluding ortho intramolecular Hbond substituents is 1. The van der Waals surface area contributed by atoms with Gasteiger partial charge < -0.3 is 19.5 Å². The second-order valence-corrected chi connectivity index (χ2v) is 6.92. The maximum absolute atomic E-state index is 12.5. The molecule has 1 aromatic rings. The Morgan fingerprint density at radius 1 is 1.08 bits per heavy atom. The van der Waals surface area contributed by atoms with Crippen molar-refractivity contribution < 1.29 is 19.4 Å². The smallest absolute Gasteiger partial charge is 0.231 e. The molecule has 2 aliphatic heterocycles. The lowest BCUT2D eigenvalue weighted by atomic mass is 10.1. The maximum atomic E-state index is 12.5. The first-order valence-electron chi connectivity index (χ1n) is 8.83. The molecule has 0 aromatic heterocycles. The van der Waals surface area contributed by atoms with E-state index in [1.165, 1.54) is 12.8 Å². The van der Waals surface area contributed by atoms with Crippen LogP contribution >= 0.6 is 0 Å². The molecule has 1 saturated heterocycles. The quantitative estimate of drug-likeness (QED) is 0.917. The minimum Gasteiger partial charge on any atom is -0.507 e. The van der Waals surface area contributed by atoms with E-state index in [0.717, 1.165) is 44.6 Å². The standard InChI is InChI=1S/C18H24N2O4/c21-15-10-17-16(23-12-24-17)9-14(15)11-19-5-7-20(8-6-19)18(22)13-3-1-2-4-13/h9-10,13,21H,1-8,11-12H2. The fourth-order valence-electron chi connectivity index (χ4n) is 3.90. The van der Waals surface area contributed by atoms with Crippen LogP contribution < -0.4 is 9.47 Å². The van der Waals surface area contributed by atoms with Crippen molar-refractivity contribution in [2.24, 2.45) is 5.92 Å². The normalized spacial score (nSPS) is 21.4. The molecule has 1 N–H and O–H groups in total. The molecular weight excluding hydrogens is 308 g/mol. The van der Waals surface area contributed by atoms with Gasteiger partial charge in [-0.05, 0) is 18.9 Å². The Bertz CT molecular complexity index is 620. The number of hydrogen-bond acceptors (Lipinski definition) is 5. The highest BCUT2D eigenvalue weighted by atomic mass is 16.7. The van der Waals surface area contributed by atoms with E-state index in [1.807, 2.05) is 11.0 Å². The summed E-state index contributed by atoms with van der Waals surface area (Å²) in [6.07, 6.45) is 4.51. The fourth-order valence-corrected chi connectivity index (χ4v) is 3.90. The van der Waals surface area contributed by atoms with Gasteiger partial charge in [-0.15, -0.1) is 0 Å². The number of carbonyl (C=O) groups is 1. The molecule has 0 spiro atoms. The fraction of sp³-hybridized carbons (Fsp3) is 0.611. The van der Waals surface area contributed by atoms with Gasteiger partial charge >= 0.3 is 0 Å². The highest BCUT2D eigenvalue weighted by Crippen LogP contribution is 2.38. The zero-order valence-corrected chi connectivity index (χ0v) is 13.9. The zero-order valence-electron chi connectivity index (χ0n) is 13.9. The zero-order chi connectivity index (χ0) is 16.5. The van der Waals surface area contributed by atoms with E-state index in [9.17, 15) is 9.90 Å². The van der Waals surface area contributed by atoms with Crippen LogP contribution in [0.25, 0.3) is 0 Å². The van der Waals surface area contributed by atoms with Crippen LogP contribution in [0, 0.1) is 5.92 Å². The van der Waals surface area contributed by atoms with Crippen LogP contribution in [0.4, 0.5) is 0 Å². The first-order chi connectivity index (χ1) is 11.7. The van der Waals surface area contributed by atoms with E-state index in [1.54, 1.807) is 6.07 Å². The molecule has 2 fully saturated rings. The molecule has 0 unspecified atom stereocenters. The number of fused-ring (bicyclic) bond motifs is 1. The summed E-state index contributed by atoms with van der Waals surface area (Å²) >= 11 is 0. The summed E-state index contributed by atoms with van der Waals surface area (Å²) in [7, 11) is 0. The molecule has 6 heteroatoms. The van der Waals surface area contributed by atoms with Gasteiger partial charge in [0.15, 0.2) is 11.5 Å². The first-order valence-corrected chi connectivity index (χ1v) is 8.83. The number of nitrogens with zero attached hydrogens (tertiary/aromatic N) is 2. The predicted molar refractivity (Wildman–Crippen MR) is 88.0 cm³/mol. The maximum Gasteiger partial charge on any atom is 0.231 e. The molecular formula is C18H24N2O4. The summed E-state index contributed by atoms with van der Waals surface area (Å²) in [4.78, 5) is 16.8. The largest absolute Gasteiger partial charge is 0.507 e. The van der Waals surface area contributed by atoms with Crippen molar-refractivity contribution in [2.45, 2.75) is 32.2 Å². The van der Waals surface area contributed by atoms with E-state index in [4.69, 9.17) is 9.47 Å². The minimum atomic E-state index is 0.209. The van der Waals surface area contributed by atoms with Crippen LogP contribution in [0.2, 0.25) is 0 Å². The highest BCUT2D eigenvalue weighted by Gasteiger charge is 2.29. The van der Waals surface area contributed by atoms with Crippen LogP contribution in [0.5, 0.6) is 17.2 Å². The summed E-state index contributed by atoms with van der Waals surface area (Å²) in [5.74, 6) is 2.14. The van der Waals surface area contributed by atoms with Crippen molar-refractivity contribution in [1.82, 2.24) is 9.80 Å². The summed E-state index contributed by atoms with van der Waals surface area (Å²) in [5.41, 5.74) is 0.842. The van der Waals surface area contributed by atoms with Gasteiger partial charge in [-0.25, -0.2) is 0 Å². The van der Waals surface area contributed by atoms with Crippen LogP contribution in [0.3, 0.4) is 0 Å². The van der Waals surface area contributed by atoms with Crippen LogP contribution in [-0.2, 0) is 11.3 Å². The van der Waals surface area contributed by atoms with Gasteiger partial charge in [0, 0.05) is 50.3 Å². The highest BCUT2D eigenvalue weighted by molar-refractivity contribution is 5.79. The Kier molecular flexibility index (Phi) is 4.22. The molecule has 6 nitrogen and oxygen atoms in total. The Morgan fingerprint density at radius 3 is 2.46 bits per heavy atom. The van der Waals surface area contributed by atoms with Crippen molar-refractivity contribution >= 4 is 5.91 Å². The third-order valence-electron chi connectivity index (χ3n) is 5.36. The van der Waals surface area contributed by atoms with E-state index >= 15 is 0 Å². The molecule has 1 amide bonds. The third kappa shape index (κ3) is 3.02. The van der Waals surface area contributed by atoms with Crippen LogP contribution in [-0.4, -0.2) is 53.8 Å². The van der Waals surface area contributed by atoms with Crippen molar-refractivity contribution in [3.05, 3.63) is 17.7 Å². The molecule has 2 heterocycles. The Balaban J connectivity index is 1.34. The van der Waals surface area contributed by atoms with Crippen molar-refractivity contribution in [1.29, 1.82) is 0 Å². The Morgan fingerprint density at radius 2 is 1.75 bits per heavy atom. The lowest BCUT2D eigenvalue weighted by Crippen LogP contribution is -2.49. The van der Waals surface area contributed by atoms with Crippen molar-refractivity contribution in [2.75, 3.05) is 33.0 Å². The van der Waals surface area contributed by atoms with Crippen molar-refractivity contribution in [3.63, 3.8) is 0 Å². The minimum absolute atomic E-state index is 0.209. The van der Waals surface area contributed by atoms with Gasteiger partial charge in [0.2, 0.25) is 12.7 Å². The second kappa shape index (κ2) is 6.51. The summed E-state index contributed by atoms with van der Waals surface area (Å²) in [6, 6.07) is 3.48. The number of phenols is 1. The van der Waals surface area contributed by atoms with Gasteiger partial charge in [-0.1, -0.05) is 12.8 Å². The predicted octanol–water partition coefficient (Wildman–Crippen LogP) is 1.96. The monoisotopic (exact) mass is 332 g/mol. The third-order valence-corrected chi connectivity index (χ3v) is 5.36. The van der Waals surface area contributed by atoms with E-state index in [2.05, 4.69) is 4.90 Å². The molecule has 0 atom stereocenters. The molecule has 1 saturated carbocycles. The summed E-state index contributed by atoms with van der Waals surface area (Å²) in [5, 5.41) is 10.2. The number of ether oxygens (including phenoxy) is 2. The van der Waals surface area contributed by atoms with Gasteiger partial charge in [0.25, 0.3) is 0 Å². The lowest BCUT2D eigenvalue weighted by Gasteiger charge is -2.36. The average Bonchev–Trinajstić information content (AvgIpc) is 3.26. The number of hydrogen-bond donors (Lipinski definition) is 1. The summed E-state index contributed by atoms with van der Waals surface area (Å²) in [6.45, 7) is 4.11. The lowest BCUT2D eigenvalue weighted by molar-refractivity contribution is -0.137. The number of rotatable bonds is 3. The second-order valence-electron chi connectivity index (χ2n) is 6.92. The molecule has 24 heavy (non-hydrogen) atoms. The number of amides is 1. The van der Waals surface area contributed by atoms with Gasteiger partial charge in [0.05, 0.1) is 0 Å². The summed E-state index contributed by atoms with van der Waals surface area (Å²) < 4.78 is 10.7. The molecule has 3 aliphatic rings. The number of benzene rings is 1. The van der Waals surface area contributed by atoms with E-state index in [0.29, 0.717) is 24.0 Å². The number of piperazine rings is 1. The average molecular weight is 332 g/mol. The molecule has 0 radical (unpaired) electrons. The SMILES string of the molecule is O=C(C1CCCC1)N1CCN(Cc2cc3c(cc2O)OCO3)CC1. The van der Waals surface area contributed by atoms with Crippen LogP contribution in [0.15, 0.2) is 12.1 Å². The molecule has 130 valence electrons. The topological polar surface area (TPSA) is 62.2 Å². The first kappa shape index (κ1) is 15.6. The number of carbonyl (C=O) groups excluding carboxylic acids is 1. The van der Waals surface area contributed by atoms with Crippen molar-refractivity contribution in [3.8, 4) is 17.2 Å². The van der Waals surface area contributed by atoms with Crippen LogP contribution in [0.1, 0.15) is 31.2 Å². The Hall–Kier alpha value is -1.95. The molecule has 4 rings (SSSR count). The van der Waals surface area contributed by atoms with E-state index in [-0.39, 0.29) is 18.5 Å².